The number of carbonyl (C=O) groups is 2. The Hall–Kier alpha value is -2.85. The topological polar surface area (TPSA) is 119 Å². The summed E-state index contributed by atoms with van der Waals surface area (Å²) in [5.41, 5.74) is 6.17. The fourth-order valence-electron chi connectivity index (χ4n) is 1.80. The molecule has 4 N–H and O–H groups in total. The molecule has 2 amide bonds. The van der Waals surface area contributed by atoms with E-state index in [1.54, 1.807) is 30.3 Å². The van der Waals surface area contributed by atoms with Gasteiger partial charge in [-0.3, -0.25) is 9.59 Å². The van der Waals surface area contributed by atoms with Crippen molar-refractivity contribution < 1.29 is 14.7 Å². The van der Waals surface area contributed by atoms with E-state index in [2.05, 4.69) is 5.32 Å². The van der Waals surface area contributed by atoms with E-state index >= 15 is 0 Å². The molecule has 1 aromatic carbocycles. The molecule has 0 saturated carbocycles. The summed E-state index contributed by atoms with van der Waals surface area (Å²) in [5, 5.41) is 20.9. The summed E-state index contributed by atoms with van der Waals surface area (Å²) in [6.07, 6.45) is 2.92. The summed E-state index contributed by atoms with van der Waals surface area (Å²) in [6.45, 7) is 1.11. The van der Waals surface area contributed by atoms with Crippen LogP contribution in [0.3, 0.4) is 0 Å². The van der Waals surface area contributed by atoms with E-state index in [0.29, 0.717) is 38.9 Å². The van der Waals surface area contributed by atoms with Crippen molar-refractivity contribution in [1.29, 1.82) is 5.26 Å². The Morgan fingerprint density at radius 1 is 1.39 bits per heavy atom. The zero-order valence-electron chi connectivity index (χ0n) is 12.7. The third-order valence-corrected chi connectivity index (χ3v) is 3.05. The molecule has 0 saturated heterocycles. The van der Waals surface area contributed by atoms with Crippen LogP contribution in [0.4, 0.5) is 0 Å². The summed E-state index contributed by atoms with van der Waals surface area (Å²) >= 11 is 0. The zero-order valence-corrected chi connectivity index (χ0v) is 12.7. The fraction of sp³-hybridized carbons (Fsp3) is 0.312. The molecule has 0 unspecified atom stereocenters. The van der Waals surface area contributed by atoms with Crippen molar-refractivity contribution in [2.45, 2.75) is 12.8 Å². The number of nitrogens with two attached hydrogens (primary N) is 1. The molecule has 1 rings (SSSR count). The van der Waals surface area contributed by atoms with E-state index in [4.69, 9.17) is 11.0 Å². The van der Waals surface area contributed by atoms with Gasteiger partial charge in [0, 0.05) is 19.3 Å². The molecule has 0 fully saturated rings. The van der Waals surface area contributed by atoms with Gasteiger partial charge in [-0.1, -0.05) is 12.1 Å². The zero-order chi connectivity index (χ0) is 17.1. The molecule has 0 heterocycles. The van der Waals surface area contributed by atoms with Gasteiger partial charge in [0.05, 0.1) is 0 Å². The lowest BCUT2D eigenvalue weighted by molar-refractivity contribution is -0.117. The average Bonchev–Trinajstić information content (AvgIpc) is 2.57. The first-order chi connectivity index (χ1) is 11.1. The first-order valence-electron chi connectivity index (χ1n) is 7.20. The quantitative estimate of drug-likeness (QED) is 0.343. The van der Waals surface area contributed by atoms with Crippen LogP contribution in [-0.4, -0.2) is 42.0 Å². The SMILES string of the molecule is N#C/C(=C/N(C=O)CCCN)C(=O)NCCc1ccc(O)cc1. The van der Waals surface area contributed by atoms with Crippen molar-refractivity contribution in [2.24, 2.45) is 5.73 Å². The summed E-state index contributed by atoms with van der Waals surface area (Å²) < 4.78 is 0. The molecule has 0 radical (unpaired) electrons. The van der Waals surface area contributed by atoms with Gasteiger partial charge in [0.1, 0.15) is 17.4 Å². The first-order valence-corrected chi connectivity index (χ1v) is 7.20. The van der Waals surface area contributed by atoms with Gasteiger partial charge in [-0.15, -0.1) is 0 Å². The molecule has 7 nitrogen and oxygen atoms in total. The number of benzene rings is 1. The second-order valence-corrected chi connectivity index (χ2v) is 4.81. The fourth-order valence-corrected chi connectivity index (χ4v) is 1.80. The Kier molecular flexibility index (Phi) is 7.89. The van der Waals surface area contributed by atoms with Crippen LogP contribution in [0.1, 0.15) is 12.0 Å². The van der Waals surface area contributed by atoms with Gasteiger partial charge < -0.3 is 21.1 Å². The van der Waals surface area contributed by atoms with Gasteiger partial charge in [-0.25, -0.2) is 0 Å². The predicted octanol–water partition coefficient (Wildman–Crippen LogP) is 0.266. The molecule has 0 aromatic heterocycles. The number of nitrogens with one attached hydrogen (secondary N) is 1. The molecule has 0 aliphatic rings. The highest BCUT2D eigenvalue weighted by Gasteiger charge is 2.10. The van der Waals surface area contributed by atoms with Gasteiger partial charge in [0.15, 0.2) is 0 Å². The molecule has 23 heavy (non-hydrogen) atoms. The summed E-state index contributed by atoms with van der Waals surface area (Å²) in [5.74, 6) is -0.357. The number of phenols is 1. The van der Waals surface area contributed by atoms with E-state index in [0.717, 1.165) is 5.56 Å². The van der Waals surface area contributed by atoms with Crippen molar-refractivity contribution in [3.63, 3.8) is 0 Å². The van der Waals surface area contributed by atoms with Crippen LogP contribution in [0.25, 0.3) is 0 Å². The molecule has 0 spiro atoms. The number of nitrogens with zero attached hydrogens (tertiary/aromatic N) is 2. The van der Waals surface area contributed by atoms with E-state index in [1.165, 1.54) is 11.1 Å². The Bertz CT molecular complexity index is 590. The van der Waals surface area contributed by atoms with Crippen molar-refractivity contribution >= 4 is 12.3 Å². The average molecular weight is 316 g/mol. The number of hydrogen-bond donors (Lipinski definition) is 3. The smallest absolute Gasteiger partial charge is 0.263 e. The number of phenolic OH excluding ortho intramolecular Hbond substituents is 1. The number of hydrogen-bond acceptors (Lipinski definition) is 5. The van der Waals surface area contributed by atoms with Crippen molar-refractivity contribution in [1.82, 2.24) is 10.2 Å². The van der Waals surface area contributed by atoms with Crippen LogP contribution < -0.4 is 11.1 Å². The third kappa shape index (κ3) is 6.63. The monoisotopic (exact) mass is 316 g/mol. The van der Waals surface area contributed by atoms with Gasteiger partial charge >= 0.3 is 0 Å². The number of aromatic hydroxyl groups is 1. The maximum absolute atomic E-state index is 11.9. The van der Waals surface area contributed by atoms with E-state index in [9.17, 15) is 14.7 Å². The van der Waals surface area contributed by atoms with Crippen LogP contribution in [-0.2, 0) is 16.0 Å². The van der Waals surface area contributed by atoms with Crippen LogP contribution in [0.2, 0.25) is 0 Å². The number of rotatable bonds is 9. The summed E-state index contributed by atoms with van der Waals surface area (Å²) in [4.78, 5) is 24.1. The lowest BCUT2D eigenvalue weighted by Gasteiger charge is -2.12. The minimum absolute atomic E-state index is 0.139. The lowest BCUT2D eigenvalue weighted by Crippen LogP contribution is -2.28. The highest BCUT2D eigenvalue weighted by atomic mass is 16.3. The second-order valence-electron chi connectivity index (χ2n) is 4.81. The first kappa shape index (κ1) is 18.2. The Morgan fingerprint density at radius 3 is 2.65 bits per heavy atom. The molecule has 0 atom stereocenters. The Labute approximate surface area is 135 Å². The van der Waals surface area contributed by atoms with Crippen LogP contribution >= 0.6 is 0 Å². The standard InChI is InChI=1S/C16H20N4O3/c17-7-1-9-20(12-21)11-14(10-18)16(23)19-8-6-13-2-4-15(22)5-3-13/h2-5,11-12,22H,1,6-9,17H2,(H,19,23)/b14-11-. The number of carbonyl (C=O) groups excluding carboxylic acids is 2. The Morgan fingerprint density at radius 2 is 2.09 bits per heavy atom. The van der Waals surface area contributed by atoms with Crippen LogP contribution in [0, 0.1) is 11.3 Å². The Balaban J connectivity index is 2.54. The molecular weight excluding hydrogens is 296 g/mol. The largest absolute Gasteiger partial charge is 0.508 e. The van der Waals surface area contributed by atoms with Crippen molar-refractivity contribution in [3.05, 3.63) is 41.6 Å². The highest BCUT2D eigenvalue weighted by molar-refractivity contribution is 5.97. The van der Waals surface area contributed by atoms with Gasteiger partial charge in [0.25, 0.3) is 5.91 Å². The third-order valence-electron chi connectivity index (χ3n) is 3.05. The normalized spacial score (nSPS) is 10.7. The molecular formula is C16H20N4O3. The molecule has 122 valence electrons. The molecule has 1 aromatic rings. The van der Waals surface area contributed by atoms with Gasteiger partial charge in [0.2, 0.25) is 6.41 Å². The number of nitriles is 1. The molecule has 0 bridgehead atoms. The van der Waals surface area contributed by atoms with E-state index in [-0.39, 0.29) is 11.3 Å². The van der Waals surface area contributed by atoms with Crippen molar-refractivity contribution in [3.8, 4) is 11.8 Å². The van der Waals surface area contributed by atoms with Crippen molar-refractivity contribution in [2.75, 3.05) is 19.6 Å². The lowest BCUT2D eigenvalue weighted by atomic mass is 10.1. The maximum Gasteiger partial charge on any atom is 0.263 e. The predicted molar refractivity (Wildman–Crippen MR) is 85.0 cm³/mol. The number of amides is 2. The van der Waals surface area contributed by atoms with Crippen LogP contribution in [0.15, 0.2) is 36.0 Å². The maximum atomic E-state index is 11.9. The van der Waals surface area contributed by atoms with Gasteiger partial charge in [-0.05, 0) is 37.1 Å². The van der Waals surface area contributed by atoms with E-state index < -0.39 is 5.91 Å². The summed E-state index contributed by atoms with van der Waals surface area (Å²) in [7, 11) is 0. The second kappa shape index (κ2) is 9.97. The summed E-state index contributed by atoms with van der Waals surface area (Å²) in [6, 6.07) is 8.42. The van der Waals surface area contributed by atoms with Crippen LogP contribution in [0.5, 0.6) is 5.75 Å². The minimum atomic E-state index is -0.536. The molecule has 0 aliphatic carbocycles. The van der Waals surface area contributed by atoms with Gasteiger partial charge in [-0.2, -0.15) is 5.26 Å². The molecule has 7 heteroatoms. The highest BCUT2D eigenvalue weighted by Crippen LogP contribution is 2.09. The van der Waals surface area contributed by atoms with E-state index in [1.807, 2.05) is 0 Å². The minimum Gasteiger partial charge on any atom is -0.508 e. The molecule has 0 aliphatic heterocycles.